The smallest absolute Gasteiger partial charge is 0.180 e. The van der Waals surface area contributed by atoms with Gasteiger partial charge in [-0.3, -0.25) is 0 Å². The lowest BCUT2D eigenvalue weighted by atomic mass is 9.87. The summed E-state index contributed by atoms with van der Waals surface area (Å²) in [4.78, 5) is 8.82. The van der Waals surface area contributed by atoms with Gasteiger partial charge in [0, 0.05) is 18.4 Å². The van der Waals surface area contributed by atoms with E-state index in [1.807, 2.05) is 16.8 Å². The fraction of sp³-hybridized carbons (Fsp3) is 0.538. The Labute approximate surface area is 112 Å². The molecule has 2 heterocycles. The van der Waals surface area contributed by atoms with E-state index < -0.39 is 0 Å². The minimum Gasteiger partial charge on any atom is -0.364 e. The molecule has 0 aromatic carbocycles. The third-order valence-electron chi connectivity index (χ3n) is 3.88. The molecular weight excluding hydrogens is 240 g/mol. The molecule has 2 aromatic heterocycles. The zero-order valence-corrected chi connectivity index (χ0v) is 11.1. The largest absolute Gasteiger partial charge is 0.364 e. The number of fused-ring (bicyclic) bond motifs is 1. The van der Waals surface area contributed by atoms with Gasteiger partial charge in [-0.2, -0.15) is 0 Å². The normalized spacial score (nSPS) is 23.5. The summed E-state index contributed by atoms with van der Waals surface area (Å²) in [6.07, 6.45) is 10.4. The topological polar surface area (TPSA) is 80.3 Å². The van der Waals surface area contributed by atoms with Crippen LogP contribution in [-0.2, 0) is 0 Å². The highest BCUT2D eigenvalue weighted by Gasteiger charge is 2.19. The van der Waals surface area contributed by atoms with Gasteiger partial charge in [0.05, 0.1) is 6.20 Å². The van der Waals surface area contributed by atoms with Crippen LogP contribution in [0.25, 0.3) is 5.65 Å². The van der Waals surface area contributed by atoms with Gasteiger partial charge < -0.3 is 15.1 Å². The first kappa shape index (κ1) is 12.2. The summed E-state index contributed by atoms with van der Waals surface area (Å²) >= 11 is 0. The van der Waals surface area contributed by atoms with Gasteiger partial charge in [-0.05, 0) is 31.6 Å². The van der Waals surface area contributed by atoms with E-state index in [-0.39, 0.29) is 0 Å². The molecule has 0 spiro atoms. The molecule has 0 saturated heterocycles. The number of nitrogen functional groups attached to an aromatic ring is 1. The summed E-state index contributed by atoms with van der Waals surface area (Å²) in [6.45, 7) is 2.32. The number of nitrogens with zero attached hydrogens (tertiary/aromatic N) is 3. The van der Waals surface area contributed by atoms with Crippen molar-refractivity contribution in [2.45, 2.75) is 38.6 Å². The van der Waals surface area contributed by atoms with Crippen molar-refractivity contribution < 1.29 is 0 Å². The summed E-state index contributed by atoms with van der Waals surface area (Å²) in [6, 6.07) is 0.484. The van der Waals surface area contributed by atoms with E-state index in [1.165, 1.54) is 25.7 Å². The van der Waals surface area contributed by atoms with E-state index >= 15 is 0 Å². The molecule has 3 rings (SSSR count). The Balaban J connectivity index is 1.85. The van der Waals surface area contributed by atoms with Gasteiger partial charge in [0.2, 0.25) is 0 Å². The van der Waals surface area contributed by atoms with Crippen molar-refractivity contribution in [3.63, 3.8) is 0 Å². The van der Waals surface area contributed by atoms with Crippen molar-refractivity contribution in [2.75, 3.05) is 10.7 Å². The molecular formula is C13H20N6. The van der Waals surface area contributed by atoms with Gasteiger partial charge in [0.1, 0.15) is 0 Å². The summed E-state index contributed by atoms with van der Waals surface area (Å²) in [7, 11) is 0. The molecule has 6 nitrogen and oxygen atoms in total. The number of hydrogen-bond donors (Lipinski definition) is 3. The van der Waals surface area contributed by atoms with E-state index in [9.17, 15) is 0 Å². The first-order valence-electron chi connectivity index (χ1n) is 6.83. The van der Waals surface area contributed by atoms with Crippen molar-refractivity contribution in [1.29, 1.82) is 0 Å². The van der Waals surface area contributed by atoms with Crippen LogP contribution in [0.4, 0.5) is 11.6 Å². The highest BCUT2D eigenvalue weighted by atomic mass is 15.3. The molecule has 1 aliphatic rings. The lowest BCUT2D eigenvalue weighted by Gasteiger charge is -2.27. The van der Waals surface area contributed by atoms with Crippen LogP contribution >= 0.6 is 0 Å². The summed E-state index contributed by atoms with van der Waals surface area (Å²) in [5.74, 6) is 7.74. The fourth-order valence-corrected chi connectivity index (χ4v) is 2.70. The van der Waals surface area contributed by atoms with Gasteiger partial charge in [-0.25, -0.2) is 15.8 Å². The molecule has 1 aliphatic carbocycles. The number of nitrogens with one attached hydrogen (secondary N) is 2. The zero-order chi connectivity index (χ0) is 13.2. The molecule has 0 aliphatic heterocycles. The number of imidazole rings is 1. The maximum Gasteiger partial charge on any atom is 0.180 e. The first-order valence-corrected chi connectivity index (χ1v) is 6.83. The van der Waals surface area contributed by atoms with E-state index in [0.29, 0.717) is 11.9 Å². The van der Waals surface area contributed by atoms with Crippen LogP contribution in [0.5, 0.6) is 0 Å². The molecule has 0 radical (unpaired) electrons. The molecule has 0 amide bonds. The minimum absolute atomic E-state index is 0.484. The number of nitrogens with two attached hydrogens (primary N) is 1. The fourth-order valence-electron chi connectivity index (χ4n) is 2.70. The third kappa shape index (κ3) is 2.49. The van der Waals surface area contributed by atoms with Gasteiger partial charge >= 0.3 is 0 Å². The monoisotopic (exact) mass is 260 g/mol. The summed E-state index contributed by atoms with van der Waals surface area (Å²) < 4.78 is 1.93. The highest BCUT2D eigenvalue weighted by Crippen LogP contribution is 2.27. The molecule has 0 bridgehead atoms. The number of anilines is 2. The second-order valence-electron chi connectivity index (χ2n) is 5.38. The van der Waals surface area contributed by atoms with Crippen LogP contribution in [0.2, 0.25) is 0 Å². The van der Waals surface area contributed by atoms with E-state index in [2.05, 4.69) is 27.6 Å². The molecule has 6 heteroatoms. The lowest BCUT2D eigenvalue weighted by Crippen LogP contribution is -2.26. The highest BCUT2D eigenvalue weighted by molar-refractivity contribution is 5.65. The van der Waals surface area contributed by atoms with Gasteiger partial charge in [-0.15, -0.1) is 0 Å². The minimum atomic E-state index is 0.484. The molecule has 2 aromatic rings. The molecule has 1 saturated carbocycles. The predicted octanol–water partition coefficient (Wildman–Crippen LogP) is 2.01. The Bertz CT molecular complexity index is 555. The Morgan fingerprint density at radius 1 is 1.32 bits per heavy atom. The average Bonchev–Trinajstić information content (AvgIpc) is 2.89. The number of hydrogen-bond acceptors (Lipinski definition) is 5. The summed E-state index contributed by atoms with van der Waals surface area (Å²) in [5.41, 5.74) is 3.44. The van der Waals surface area contributed by atoms with Gasteiger partial charge in [-0.1, -0.05) is 6.92 Å². The Morgan fingerprint density at radius 3 is 2.84 bits per heavy atom. The van der Waals surface area contributed by atoms with Crippen molar-refractivity contribution in [3.05, 3.63) is 18.6 Å². The number of aromatic nitrogens is 3. The molecule has 19 heavy (non-hydrogen) atoms. The van der Waals surface area contributed by atoms with Crippen LogP contribution < -0.4 is 16.6 Å². The van der Waals surface area contributed by atoms with E-state index in [4.69, 9.17) is 5.84 Å². The van der Waals surface area contributed by atoms with Crippen molar-refractivity contribution >= 4 is 17.3 Å². The Kier molecular flexibility index (Phi) is 3.25. The second kappa shape index (κ2) is 5.05. The maximum absolute atomic E-state index is 5.46. The predicted molar refractivity (Wildman–Crippen MR) is 75.8 cm³/mol. The van der Waals surface area contributed by atoms with Crippen molar-refractivity contribution in [2.24, 2.45) is 11.8 Å². The maximum atomic E-state index is 5.46. The van der Waals surface area contributed by atoms with E-state index in [0.717, 1.165) is 17.4 Å². The van der Waals surface area contributed by atoms with Crippen LogP contribution in [0, 0.1) is 5.92 Å². The second-order valence-corrected chi connectivity index (χ2v) is 5.38. The van der Waals surface area contributed by atoms with Crippen LogP contribution in [0.3, 0.4) is 0 Å². The van der Waals surface area contributed by atoms with Crippen molar-refractivity contribution in [3.8, 4) is 0 Å². The van der Waals surface area contributed by atoms with Gasteiger partial charge in [0.15, 0.2) is 17.3 Å². The van der Waals surface area contributed by atoms with Crippen LogP contribution in [0.1, 0.15) is 32.6 Å². The first-order chi connectivity index (χ1) is 9.26. The van der Waals surface area contributed by atoms with Crippen LogP contribution in [0.15, 0.2) is 18.6 Å². The van der Waals surface area contributed by atoms with Gasteiger partial charge in [0.25, 0.3) is 0 Å². The van der Waals surface area contributed by atoms with Crippen LogP contribution in [-0.4, -0.2) is 20.4 Å². The third-order valence-corrected chi connectivity index (χ3v) is 3.88. The molecule has 102 valence electrons. The van der Waals surface area contributed by atoms with Crippen molar-refractivity contribution in [1.82, 2.24) is 14.4 Å². The molecule has 4 N–H and O–H groups in total. The Morgan fingerprint density at radius 2 is 2.11 bits per heavy atom. The lowest BCUT2D eigenvalue weighted by molar-refractivity contribution is 0.361. The average molecular weight is 260 g/mol. The number of rotatable bonds is 3. The number of hydrazine groups is 1. The summed E-state index contributed by atoms with van der Waals surface area (Å²) in [5, 5.41) is 3.52. The standard InChI is InChI=1S/C13H20N6/c1-9-2-4-10(5-3-9)16-12-13-15-6-7-19(13)8-11(17-12)18-14/h6-10,18H,2-5,14H2,1H3,(H,16,17). The molecule has 0 atom stereocenters. The molecule has 1 fully saturated rings. The zero-order valence-electron chi connectivity index (χ0n) is 11.1. The molecule has 0 unspecified atom stereocenters. The van der Waals surface area contributed by atoms with E-state index in [1.54, 1.807) is 6.20 Å². The quantitative estimate of drug-likeness (QED) is 0.581. The Hall–Kier alpha value is -1.82. The SMILES string of the molecule is CC1CCC(Nc2nc(NN)cn3ccnc23)CC1.